The zero-order valence-electron chi connectivity index (χ0n) is 17.3. The molecule has 0 radical (unpaired) electrons. The number of H-pyrrole nitrogens is 1. The summed E-state index contributed by atoms with van der Waals surface area (Å²) in [6.07, 6.45) is 3.46. The fraction of sp³-hybridized carbons (Fsp3) is 0.318. The zero-order chi connectivity index (χ0) is 21.6. The largest absolute Gasteiger partial charge is 0.493 e. The summed E-state index contributed by atoms with van der Waals surface area (Å²) in [6.45, 7) is 2.74. The number of pyridine rings is 1. The Morgan fingerprint density at radius 3 is 2.90 bits per heavy atom. The first kappa shape index (κ1) is 20.8. The molecule has 0 bridgehead atoms. The third kappa shape index (κ3) is 5.19. The molecule has 162 valence electrons. The van der Waals surface area contributed by atoms with Crippen LogP contribution >= 0.6 is 0 Å². The number of morpholine rings is 1. The van der Waals surface area contributed by atoms with E-state index in [0.717, 1.165) is 42.1 Å². The van der Waals surface area contributed by atoms with Gasteiger partial charge in [-0.15, -0.1) is 0 Å². The summed E-state index contributed by atoms with van der Waals surface area (Å²) in [7, 11) is 1.57. The normalized spacial score (nSPS) is 16.7. The molecule has 0 saturated carbocycles. The van der Waals surface area contributed by atoms with Gasteiger partial charge in [-0.3, -0.25) is 19.8 Å². The number of hydrogen-bond acceptors (Lipinski definition) is 7. The number of carbonyl (C=O) groups is 1. The lowest BCUT2D eigenvalue weighted by Crippen LogP contribution is -2.38. The van der Waals surface area contributed by atoms with Crippen molar-refractivity contribution in [2.45, 2.75) is 12.6 Å². The van der Waals surface area contributed by atoms with E-state index in [1.54, 1.807) is 19.4 Å². The van der Waals surface area contributed by atoms with Crippen LogP contribution < -0.4 is 15.2 Å². The van der Waals surface area contributed by atoms with Crippen LogP contribution in [0.1, 0.15) is 17.4 Å². The maximum absolute atomic E-state index is 11.0. The lowest BCUT2D eigenvalue weighted by molar-refractivity contribution is -0.119. The SMILES string of the molecule is COc1cc(CN2CCO[C@H](c3ccc(-c4ccn[nH]4)cn3)C2)ccc1OCC(N)=O. The van der Waals surface area contributed by atoms with E-state index >= 15 is 0 Å². The Morgan fingerprint density at radius 1 is 1.29 bits per heavy atom. The third-order valence-electron chi connectivity index (χ3n) is 5.08. The van der Waals surface area contributed by atoms with Crippen molar-refractivity contribution in [2.24, 2.45) is 5.73 Å². The third-order valence-corrected chi connectivity index (χ3v) is 5.08. The van der Waals surface area contributed by atoms with Gasteiger partial charge in [-0.25, -0.2) is 0 Å². The number of amides is 1. The molecule has 1 aliphatic heterocycles. The van der Waals surface area contributed by atoms with E-state index in [4.69, 9.17) is 19.9 Å². The number of benzene rings is 1. The van der Waals surface area contributed by atoms with Gasteiger partial charge in [0, 0.05) is 37.6 Å². The molecule has 31 heavy (non-hydrogen) atoms. The maximum Gasteiger partial charge on any atom is 0.255 e. The second-order valence-corrected chi connectivity index (χ2v) is 7.28. The van der Waals surface area contributed by atoms with Crippen LogP contribution in [0.5, 0.6) is 11.5 Å². The van der Waals surface area contributed by atoms with Crippen LogP contribution in [0, 0.1) is 0 Å². The molecular weight excluding hydrogens is 398 g/mol. The zero-order valence-corrected chi connectivity index (χ0v) is 17.3. The summed E-state index contributed by atoms with van der Waals surface area (Å²) in [4.78, 5) is 17.9. The lowest BCUT2D eigenvalue weighted by atomic mass is 10.1. The predicted octanol–water partition coefficient (Wildman–Crippen LogP) is 1.92. The Morgan fingerprint density at radius 2 is 2.19 bits per heavy atom. The van der Waals surface area contributed by atoms with Gasteiger partial charge in [0.15, 0.2) is 18.1 Å². The van der Waals surface area contributed by atoms with Crippen molar-refractivity contribution in [3.05, 3.63) is 60.0 Å². The number of ether oxygens (including phenoxy) is 3. The van der Waals surface area contributed by atoms with Gasteiger partial charge in [0.1, 0.15) is 6.10 Å². The van der Waals surface area contributed by atoms with Crippen molar-refractivity contribution in [2.75, 3.05) is 33.4 Å². The summed E-state index contributed by atoms with van der Waals surface area (Å²) in [5.41, 5.74) is 9.04. The fourth-order valence-corrected chi connectivity index (χ4v) is 3.53. The van der Waals surface area contributed by atoms with Gasteiger partial charge in [0.2, 0.25) is 0 Å². The Hall–Kier alpha value is -3.43. The molecule has 3 aromatic rings. The van der Waals surface area contributed by atoms with Gasteiger partial charge < -0.3 is 19.9 Å². The molecule has 4 rings (SSSR count). The number of primary amides is 1. The molecule has 0 spiro atoms. The van der Waals surface area contributed by atoms with E-state index in [1.807, 2.05) is 36.5 Å². The number of carbonyl (C=O) groups excluding carboxylic acids is 1. The fourth-order valence-electron chi connectivity index (χ4n) is 3.53. The minimum absolute atomic E-state index is 0.0929. The molecule has 9 heteroatoms. The van der Waals surface area contributed by atoms with Crippen molar-refractivity contribution < 1.29 is 19.0 Å². The number of rotatable bonds is 8. The minimum Gasteiger partial charge on any atom is -0.493 e. The molecule has 3 N–H and O–H groups in total. The first-order valence-corrected chi connectivity index (χ1v) is 10.00. The average molecular weight is 423 g/mol. The summed E-state index contributed by atoms with van der Waals surface area (Å²) in [5, 5.41) is 6.92. The molecule has 0 aliphatic carbocycles. The lowest BCUT2D eigenvalue weighted by Gasteiger charge is -2.32. The predicted molar refractivity (Wildman–Crippen MR) is 113 cm³/mol. The molecule has 1 fully saturated rings. The molecule has 1 atom stereocenters. The second-order valence-electron chi connectivity index (χ2n) is 7.28. The van der Waals surface area contributed by atoms with Gasteiger partial charge in [0.25, 0.3) is 5.91 Å². The van der Waals surface area contributed by atoms with Crippen molar-refractivity contribution in [3.8, 4) is 22.8 Å². The second kappa shape index (κ2) is 9.59. The summed E-state index contributed by atoms with van der Waals surface area (Å²) < 4.78 is 16.8. The standard InChI is InChI=1S/C22H25N5O4/c1-29-20-10-15(2-5-19(20)31-14-22(23)28)12-27-8-9-30-21(13-27)18-4-3-16(11-24-18)17-6-7-25-26-17/h2-7,10-11,21H,8-9,12-14H2,1H3,(H2,23,28)(H,25,26)/t21-/m0/s1. The molecule has 1 aliphatic rings. The van der Waals surface area contributed by atoms with Gasteiger partial charge in [0.05, 0.1) is 25.1 Å². The first-order chi connectivity index (χ1) is 15.1. The van der Waals surface area contributed by atoms with E-state index in [2.05, 4.69) is 20.1 Å². The van der Waals surface area contributed by atoms with E-state index in [-0.39, 0.29) is 12.7 Å². The Bertz CT molecular complexity index is 1010. The van der Waals surface area contributed by atoms with E-state index in [9.17, 15) is 4.79 Å². The highest BCUT2D eigenvalue weighted by Gasteiger charge is 2.23. The van der Waals surface area contributed by atoms with Crippen molar-refractivity contribution >= 4 is 5.91 Å². The number of aromatic amines is 1. The van der Waals surface area contributed by atoms with Crippen molar-refractivity contribution in [1.29, 1.82) is 0 Å². The molecule has 2 aromatic heterocycles. The molecule has 1 amide bonds. The minimum atomic E-state index is -0.531. The topological polar surface area (TPSA) is 116 Å². The van der Waals surface area contributed by atoms with Gasteiger partial charge in [-0.1, -0.05) is 6.07 Å². The number of methoxy groups -OCH3 is 1. The van der Waals surface area contributed by atoms with E-state index in [0.29, 0.717) is 18.1 Å². The van der Waals surface area contributed by atoms with Crippen LogP contribution in [-0.2, 0) is 16.1 Å². The van der Waals surface area contributed by atoms with Crippen LogP contribution in [0.2, 0.25) is 0 Å². The smallest absolute Gasteiger partial charge is 0.255 e. The molecule has 1 aromatic carbocycles. The number of nitrogens with one attached hydrogen (secondary N) is 1. The highest BCUT2D eigenvalue weighted by molar-refractivity contribution is 5.75. The Balaban J connectivity index is 1.40. The molecule has 1 saturated heterocycles. The maximum atomic E-state index is 11.0. The highest BCUT2D eigenvalue weighted by atomic mass is 16.5. The van der Waals surface area contributed by atoms with Gasteiger partial charge in [-0.2, -0.15) is 5.10 Å². The molecule has 9 nitrogen and oxygen atoms in total. The summed E-state index contributed by atoms with van der Waals surface area (Å²) >= 11 is 0. The van der Waals surface area contributed by atoms with Crippen LogP contribution in [0.3, 0.4) is 0 Å². The number of nitrogens with two attached hydrogens (primary N) is 1. The van der Waals surface area contributed by atoms with Crippen LogP contribution in [-0.4, -0.2) is 59.4 Å². The Kier molecular flexibility index (Phi) is 6.44. The van der Waals surface area contributed by atoms with Crippen LogP contribution in [0.4, 0.5) is 0 Å². The quantitative estimate of drug-likeness (QED) is 0.569. The van der Waals surface area contributed by atoms with Crippen molar-refractivity contribution in [3.63, 3.8) is 0 Å². The number of aromatic nitrogens is 3. The molecular formula is C22H25N5O4. The molecule has 0 unspecified atom stereocenters. The monoisotopic (exact) mass is 423 g/mol. The number of nitrogens with zero attached hydrogens (tertiary/aromatic N) is 3. The summed E-state index contributed by atoms with van der Waals surface area (Å²) in [5.74, 6) is 0.530. The van der Waals surface area contributed by atoms with Gasteiger partial charge >= 0.3 is 0 Å². The highest BCUT2D eigenvalue weighted by Crippen LogP contribution is 2.29. The van der Waals surface area contributed by atoms with E-state index < -0.39 is 5.91 Å². The Labute approximate surface area is 180 Å². The van der Waals surface area contributed by atoms with Gasteiger partial charge in [-0.05, 0) is 35.9 Å². The number of hydrogen-bond donors (Lipinski definition) is 2. The van der Waals surface area contributed by atoms with Crippen LogP contribution in [0.15, 0.2) is 48.8 Å². The van der Waals surface area contributed by atoms with Crippen LogP contribution in [0.25, 0.3) is 11.3 Å². The first-order valence-electron chi connectivity index (χ1n) is 10.00. The average Bonchev–Trinajstić information content (AvgIpc) is 3.33. The van der Waals surface area contributed by atoms with E-state index in [1.165, 1.54) is 0 Å². The summed E-state index contributed by atoms with van der Waals surface area (Å²) in [6, 6.07) is 11.6. The van der Waals surface area contributed by atoms with Crippen molar-refractivity contribution in [1.82, 2.24) is 20.1 Å². The molecule has 3 heterocycles.